The molecule has 1 heterocycles. The molecule has 2 N–H and O–H groups in total. The van der Waals surface area contributed by atoms with E-state index in [1.165, 1.54) is 33.5 Å². The molecule has 10 nitrogen and oxygen atoms in total. The highest BCUT2D eigenvalue weighted by molar-refractivity contribution is 5.96. The third kappa shape index (κ3) is 3.91. The van der Waals surface area contributed by atoms with Crippen molar-refractivity contribution in [1.82, 2.24) is 15.3 Å². The Kier molecular flexibility index (Phi) is 5.53. The van der Waals surface area contributed by atoms with Crippen LogP contribution >= 0.6 is 0 Å². The van der Waals surface area contributed by atoms with Gasteiger partial charge in [0.15, 0.2) is 11.5 Å². The SMILES string of the molecule is COc1cc(C(=O)NC(C)c2nc3ccc([N+](=O)[O-])cc3[nH]2)cc(OC)c1OC. The molecular weight excluding hydrogens is 380 g/mol. The van der Waals surface area contributed by atoms with Crippen molar-refractivity contribution in [2.24, 2.45) is 0 Å². The first kappa shape index (κ1) is 19.9. The Balaban J connectivity index is 1.85. The normalized spacial score (nSPS) is 11.7. The second kappa shape index (κ2) is 8.05. The molecule has 1 aromatic heterocycles. The summed E-state index contributed by atoms with van der Waals surface area (Å²) >= 11 is 0. The van der Waals surface area contributed by atoms with E-state index in [0.717, 1.165) is 0 Å². The summed E-state index contributed by atoms with van der Waals surface area (Å²) in [5.74, 6) is 1.21. The fourth-order valence-electron chi connectivity index (χ4n) is 2.90. The number of rotatable bonds is 7. The number of imidazole rings is 1. The van der Waals surface area contributed by atoms with Gasteiger partial charge < -0.3 is 24.5 Å². The Hall–Kier alpha value is -3.82. The smallest absolute Gasteiger partial charge is 0.271 e. The highest BCUT2D eigenvalue weighted by atomic mass is 16.6. The molecule has 0 aliphatic rings. The van der Waals surface area contributed by atoms with Crippen molar-refractivity contribution < 1.29 is 23.9 Å². The molecule has 1 amide bonds. The van der Waals surface area contributed by atoms with Crippen molar-refractivity contribution in [2.75, 3.05) is 21.3 Å². The van der Waals surface area contributed by atoms with Gasteiger partial charge in [-0.2, -0.15) is 0 Å². The zero-order valence-electron chi connectivity index (χ0n) is 16.3. The number of benzene rings is 2. The molecule has 0 radical (unpaired) electrons. The van der Waals surface area contributed by atoms with E-state index in [-0.39, 0.29) is 11.6 Å². The predicted octanol–water partition coefficient (Wildman–Crippen LogP) is 2.99. The summed E-state index contributed by atoms with van der Waals surface area (Å²) in [5, 5.41) is 13.8. The summed E-state index contributed by atoms with van der Waals surface area (Å²) in [6, 6.07) is 6.96. The summed E-state index contributed by atoms with van der Waals surface area (Å²) in [7, 11) is 4.42. The molecule has 152 valence electrons. The number of methoxy groups -OCH3 is 3. The molecule has 0 saturated heterocycles. The van der Waals surface area contributed by atoms with Crippen LogP contribution in [0.1, 0.15) is 29.1 Å². The first-order valence-corrected chi connectivity index (χ1v) is 8.62. The van der Waals surface area contributed by atoms with Crippen molar-refractivity contribution in [3.05, 3.63) is 51.8 Å². The quantitative estimate of drug-likeness (QED) is 0.461. The van der Waals surface area contributed by atoms with Crippen LogP contribution in [0.4, 0.5) is 5.69 Å². The van der Waals surface area contributed by atoms with Gasteiger partial charge in [-0.15, -0.1) is 0 Å². The van der Waals surface area contributed by atoms with Crippen molar-refractivity contribution in [1.29, 1.82) is 0 Å². The number of ether oxygens (including phenoxy) is 3. The molecule has 0 saturated carbocycles. The minimum atomic E-state index is -0.479. The van der Waals surface area contributed by atoms with E-state index >= 15 is 0 Å². The highest BCUT2D eigenvalue weighted by Crippen LogP contribution is 2.38. The van der Waals surface area contributed by atoms with Crippen LogP contribution in [0.15, 0.2) is 30.3 Å². The second-order valence-electron chi connectivity index (χ2n) is 6.19. The number of aromatic amines is 1. The third-order valence-corrected chi connectivity index (χ3v) is 4.38. The largest absolute Gasteiger partial charge is 0.493 e. The number of nitro groups is 1. The third-order valence-electron chi connectivity index (χ3n) is 4.38. The van der Waals surface area contributed by atoms with Gasteiger partial charge in [0.2, 0.25) is 5.75 Å². The summed E-state index contributed by atoms with van der Waals surface area (Å²) < 4.78 is 15.8. The minimum absolute atomic E-state index is 0.0400. The monoisotopic (exact) mass is 400 g/mol. The summed E-state index contributed by atoms with van der Waals surface area (Å²) in [6.07, 6.45) is 0. The van der Waals surface area contributed by atoms with Crippen LogP contribution in [-0.4, -0.2) is 42.1 Å². The van der Waals surface area contributed by atoms with Crippen LogP contribution in [0.2, 0.25) is 0 Å². The van der Waals surface area contributed by atoms with Gasteiger partial charge in [0.1, 0.15) is 5.82 Å². The number of fused-ring (bicyclic) bond motifs is 1. The Bertz CT molecular complexity index is 1050. The minimum Gasteiger partial charge on any atom is -0.493 e. The molecule has 0 bridgehead atoms. The number of carbonyl (C=O) groups is 1. The van der Waals surface area contributed by atoms with E-state index in [0.29, 0.717) is 39.7 Å². The first-order valence-electron chi connectivity index (χ1n) is 8.62. The number of nitrogens with zero attached hydrogens (tertiary/aromatic N) is 2. The fraction of sp³-hybridized carbons (Fsp3) is 0.263. The summed E-state index contributed by atoms with van der Waals surface area (Å²) in [4.78, 5) is 30.6. The Morgan fingerprint density at radius 2 is 1.79 bits per heavy atom. The Labute approximate surface area is 165 Å². The van der Waals surface area contributed by atoms with Crippen molar-refractivity contribution in [2.45, 2.75) is 13.0 Å². The lowest BCUT2D eigenvalue weighted by atomic mass is 10.1. The topological polar surface area (TPSA) is 129 Å². The van der Waals surface area contributed by atoms with Crippen LogP contribution in [-0.2, 0) is 0 Å². The van der Waals surface area contributed by atoms with E-state index in [1.807, 2.05) is 0 Å². The molecule has 0 spiro atoms. The number of aromatic nitrogens is 2. The number of amides is 1. The maximum Gasteiger partial charge on any atom is 0.271 e. The number of nitrogens with one attached hydrogen (secondary N) is 2. The summed E-state index contributed by atoms with van der Waals surface area (Å²) in [5.41, 5.74) is 1.36. The molecular formula is C19H20N4O6. The number of hydrogen-bond donors (Lipinski definition) is 2. The second-order valence-corrected chi connectivity index (χ2v) is 6.19. The van der Waals surface area contributed by atoms with E-state index in [9.17, 15) is 14.9 Å². The van der Waals surface area contributed by atoms with Gasteiger partial charge in [0.05, 0.1) is 43.3 Å². The van der Waals surface area contributed by atoms with E-state index < -0.39 is 11.0 Å². The first-order chi connectivity index (χ1) is 13.9. The Morgan fingerprint density at radius 1 is 1.14 bits per heavy atom. The molecule has 3 rings (SSSR count). The lowest BCUT2D eigenvalue weighted by Crippen LogP contribution is -2.27. The number of non-ortho nitro benzene ring substituents is 1. The van der Waals surface area contributed by atoms with Gasteiger partial charge in [0.25, 0.3) is 11.6 Å². The number of hydrogen-bond acceptors (Lipinski definition) is 7. The standard InChI is InChI=1S/C19H20N4O6/c1-10(18-21-13-6-5-12(23(25)26)9-14(13)22-18)20-19(24)11-7-15(27-2)17(29-4)16(8-11)28-3/h5-10H,1-4H3,(H,20,24)(H,21,22). The van der Waals surface area contributed by atoms with Gasteiger partial charge in [-0.05, 0) is 25.1 Å². The number of carbonyl (C=O) groups excluding carboxylic acids is 1. The average Bonchev–Trinajstić information content (AvgIpc) is 3.15. The Morgan fingerprint density at radius 3 is 2.34 bits per heavy atom. The van der Waals surface area contributed by atoms with E-state index in [1.54, 1.807) is 25.1 Å². The van der Waals surface area contributed by atoms with Crippen molar-refractivity contribution in [3.63, 3.8) is 0 Å². The van der Waals surface area contributed by atoms with Crippen LogP contribution < -0.4 is 19.5 Å². The van der Waals surface area contributed by atoms with Crippen LogP contribution in [0, 0.1) is 10.1 Å². The maximum absolute atomic E-state index is 12.7. The van der Waals surface area contributed by atoms with Crippen molar-refractivity contribution >= 4 is 22.6 Å². The highest BCUT2D eigenvalue weighted by Gasteiger charge is 2.20. The van der Waals surface area contributed by atoms with Gasteiger partial charge in [-0.3, -0.25) is 14.9 Å². The molecule has 2 aromatic carbocycles. The van der Waals surface area contributed by atoms with E-state index in [2.05, 4.69) is 15.3 Å². The zero-order chi connectivity index (χ0) is 21.1. The lowest BCUT2D eigenvalue weighted by Gasteiger charge is -2.15. The molecule has 1 unspecified atom stereocenters. The van der Waals surface area contributed by atoms with Crippen molar-refractivity contribution in [3.8, 4) is 17.2 Å². The van der Waals surface area contributed by atoms with Crippen LogP contribution in [0.3, 0.4) is 0 Å². The average molecular weight is 400 g/mol. The molecule has 3 aromatic rings. The van der Waals surface area contributed by atoms with Gasteiger partial charge in [0, 0.05) is 17.7 Å². The van der Waals surface area contributed by atoms with Gasteiger partial charge in [-0.1, -0.05) is 0 Å². The zero-order valence-corrected chi connectivity index (χ0v) is 16.3. The fourth-order valence-corrected chi connectivity index (χ4v) is 2.90. The molecule has 10 heteroatoms. The van der Waals surface area contributed by atoms with Crippen LogP contribution in [0.5, 0.6) is 17.2 Å². The molecule has 29 heavy (non-hydrogen) atoms. The molecule has 0 aliphatic heterocycles. The number of H-pyrrole nitrogens is 1. The van der Waals surface area contributed by atoms with Gasteiger partial charge >= 0.3 is 0 Å². The molecule has 0 fully saturated rings. The van der Waals surface area contributed by atoms with E-state index in [4.69, 9.17) is 14.2 Å². The predicted molar refractivity (Wildman–Crippen MR) is 105 cm³/mol. The maximum atomic E-state index is 12.7. The molecule has 1 atom stereocenters. The van der Waals surface area contributed by atoms with Crippen LogP contribution in [0.25, 0.3) is 11.0 Å². The molecule has 0 aliphatic carbocycles. The summed E-state index contributed by atoms with van der Waals surface area (Å²) in [6.45, 7) is 1.75. The van der Waals surface area contributed by atoms with Gasteiger partial charge in [-0.25, -0.2) is 4.98 Å². The lowest BCUT2D eigenvalue weighted by molar-refractivity contribution is -0.384. The number of nitro benzene ring substituents is 1.